The second kappa shape index (κ2) is 9.92. The summed E-state index contributed by atoms with van der Waals surface area (Å²) in [6, 6.07) is 20.5. The number of rotatable bonds is 7. The monoisotopic (exact) mass is 433 g/mol. The summed E-state index contributed by atoms with van der Waals surface area (Å²) in [4.78, 5) is 19.2. The van der Waals surface area contributed by atoms with Crippen LogP contribution in [0.3, 0.4) is 0 Å². The molecule has 1 saturated heterocycles. The molecule has 1 aliphatic rings. The number of piperazine rings is 1. The molecule has 0 aliphatic carbocycles. The standard InChI is InChI=1S/C26H31N3O3/c1-27(18-20-8-9-22-17-23(31-2)11-10-21(22)16-20)26(30)19-28-12-14-29(15-13-28)24-6-4-5-7-25(24)32-3/h4-11,16-17H,12-15,18-19H2,1-3H3. The van der Waals surface area contributed by atoms with E-state index in [1.54, 1.807) is 14.2 Å². The third kappa shape index (κ3) is 4.97. The lowest BCUT2D eigenvalue weighted by atomic mass is 10.1. The number of ether oxygens (including phenoxy) is 2. The van der Waals surface area contributed by atoms with Crippen molar-refractivity contribution in [3.63, 3.8) is 0 Å². The SMILES string of the molecule is COc1ccc2cc(CN(C)C(=O)CN3CCN(c4ccccc4OC)CC3)ccc2c1. The summed E-state index contributed by atoms with van der Waals surface area (Å²) in [7, 11) is 5.26. The molecule has 3 aromatic carbocycles. The second-order valence-corrected chi connectivity index (χ2v) is 8.23. The number of hydrogen-bond acceptors (Lipinski definition) is 5. The molecule has 0 N–H and O–H groups in total. The maximum absolute atomic E-state index is 12.8. The van der Waals surface area contributed by atoms with E-state index in [1.165, 1.54) is 0 Å². The molecule has 0 bridgehead atoms. The third-order valence-corrected chi connectivity index (χ3v) is 6.11. The van der Waals surface area contributed by atoms with Gasteiger partial charge in [-0.2, -0.15) is 0 Å². The van der Waals surface area contributed by atoms with E-state index in [1.807, 2.05) is 42.3 Å². The van der Waals surface area contributed by atoms with Crippen molar-refractivity contribution in [3.05, 3.63) is 66.2 Å². The Morgan fingerprint density at radius 1 is 0.906 bits per heavy atom. The fraction of sp³-hybridized carbons (Fsp3) is 0.346. The smallest absolute Gasteiger partial charge is 0.236 e. The van der Waals surface area contributed by atoms with Gasteiger partial charge < -0.3 is 19.3 Å². The number of para-hydroxylation sites is 2. The Bertz CT molecular complexity index is 1080. The zero-order valence-corrected chi connectivity index (χ0v) is 19.1. The van der Waals surface area contributed by atoms with E-state index in [4.69, 9.17) is 9.47 Å². The number of benzene rings is 3. The second-order valence-electron chi connectivity index (χ2n) is 8.23. The van der Waals surface area contributed by atoms with Crippen LogP contribution in [0.1, 0.15) is 5.56 Å². The quantitative estimate of drug-likeness (QED) is 0.569. The highest BCUT2D eigenvalue weighted by atomic mass is 16.5. The summed E-state index contributed by atoms with van der Waals surface area (Å²) in [5.41, 5.74) is 2.24. The molecule has 0 radical (unpaired) electrons. The van der Waals surface area contributed by atoms with Crippen LogP contribution in [0.4, 0.5) is 5.69 Å². The predicted molar refractivity (Wildman–Crippen MR) is 129 cm³/mol. The third-order valence-electron chi connectivity index (χ3n) is 6.11. The van der Waals surface area contributed by atoms with Gasteiger partial charge in [0.25, 0.3) is 0 Å². The summed E-state index contributed by atoms with van der Waals surface area (Å²) in [5.74, 6) is 1.89. The minimum atomic E-state index is 0.144. The van der Waals surface area contributed by atoms with E-state index in [-0.39, 0.29) is 5.91 Å². The van der Waals surface area contributed by atoms with Crippen LogP contribution in [0.15, 0.2) is 60.7 Å². The minimum Gasteiger partial charge on any atom is -0.497 e. The van der Waals surface area contributed by atoms with Crippen LogP contribution in [0, 0.1) is 0 Å². The molecule has 4 rings (SSSR count). The first kappa shape index (κ1) is 22.0. The largest absolute Gasteiger partial charge is 0.497 e. The molecule has 0 spiro atoms. The molecule has 32 heavy (non-hydrogen) atoms. The molecule has 0 unspecified atom stereocenters. The van der Waals surface area contributed by atoms with E-state index < -0.39 is 0 Å². The van der Waals surface area contributed by atoms with E-state index in [0.717, 1.165) is 59.7 Å². The Hall–Kier alpha value is -3.25. The van der Waals surface area contributed by atoms with Gasteiger partial charge in [-0.05, 0) is 46.7 Å². The number of amides is 1. The predicted octanol–water partition coefficient (Wildman–Crippen LogP) is 3.64. The van der Waals surface area contributed by atoms with Gasteiger partial charge in [-0.3, -0.25) is 9.69 Å². The molecular weight excluding hydrogens is 402 g/mol. The molecule has 1 amide bonds. The first-order valence-electron chi connectivity index (χ1n) is 11.0. The maximum atomic E-state index is 12.8. The van der Waals surface area contributed by atoms with Gasteiger partial charge in [-0.15, -0.1) is 0 Å². The lowest BCUT2D eigenvalue weighted by molar-refractivity contribution is -0.131. The Morgan fingerprint density at radius 3 is 2.38 bits per heavy atom. The van der Waals surface area contributed by atoms with Crippen molar-refractivity contribution in [2.45, 2.75) is 6.54 Å². The Balaban J connectivity index is 1.31. The van der Waals surface area contributed by atoms with Gasteiger partial charge in [0.15, 0.2) is 0 Å². The van der Waals surface area contributed by atoms with Crippen molar-refractivity contribution in [1.82, 2.24) is 9.80 Å². The summed E-state index contributed by atoms with van der Waals surface area (Å²) >= 11 is 0. The number of hydrogen-bond donors (Lipinski definition) is 0. The highest BCUT2D eigenvalue weighted by molar-refractivity contribution is 5.84. The lowest BCUT2D eigenvalue weighted by Gasteiger charge is -2.36. The highest BCUT2D eigenvalue weighted by Crippen LogP contribution is 2.28. The number of methoxy groups -OCH3 is 2. The van der Waals surface area contributed by atoms with Gasteiger partial charge in [0.05, 0.1) is 26.5 Å². The molecule has 1 heterocycles. The number of nitrogens with zero attached hydrogens (tertiary/aromatic N) is 3. The van der Waals surface area contributed by atoms with Gasteiger partial charge in [0.1, 0.15) is 11.5 Å². The van der Waals surface area contributed by atoms with Crippen molar-refractivity contribution in [1.29, 1.82) is 0 Å². The van der Waals surface area contributed by atoms with Crippen LogP contribution in [0.2, 0.25) is 0 Å². The summed E-state index contributed by atoms with van der Waals surface area (Å²) < 4.78 is 10.8. The Kier molecular flexibility index (Phi) is 6.81. The van der Waals surface area contributed by atoms with Gasteiger partial charge in [0, 0.05) is 39.8 Å². The minimum absolute atomic E-state index is 0.144. The van der Waals surface area contributed by atoms with Crippen molar-refractivity contribution >= 4 is 22.4 Å². The molecule has 0 aromatic heterocycles. The van der Waals surface area contributed by atoms with Crippen LogP contribution < -0.4 is 14.4 Å². The zero-order valence-electron chi connectivity index (χ0n) is 19.1. The molecule has 1 fully saturated rings. The van der Waals surface area contributed by atoms with Crippen molar-refractivity contribution in [3.8, 4) is 11.5 Å². The topological polar surface area (TPSA) is 45.2 Å². The van der Waals surface area contributed by atoms with E-state index in [0.29, 0.717) is 13.1 Å². The first-order valence-corrected chi connectivity index (χ1v) is 11.0. The highest BCUT2D eigenvalue weighted by Gasteiger charge is 2.22. The summed E-state index contributed by atoms with van der Waals surface area (Å²) in [6.45, 7) is 4.52. The van der Waals surface area contributed by atoms with Gasteiger partial charge >= 0.3 is 0 Å². The van der Waals surface area contributed by atoms with Crippen LogP contribution in [0.5, 0.6) is 11.5 Å². The first-order chi connectivity index (χ1) is 15.6. The van der Waals surface area contributed by atoms with Crippen LogP contribution in [0.25, 0.3) is 10.8 Å². The number of fused-ring (bicyclic) bond motifs is 1. The average Bonchev–Trinajstić information content (AvgIpc) is 2.84. The van der Waals surface area contributed by atoms with Crippen LogP contribution >= 0.6 is 0 Å². The van der Waals surface area contributed by atoms with Crippen LogP contribution in [-0.4, -0.2) is 69.7 Å². The molecule has 3 aromatic rings. The number of carbonyl (C=O) groups is 1. The van der Waals surface area contributed by atoms with E-state index in [9.17, 15) is 4.79 Å². The fourth-order valence-electron chi connectivity index (χ4n) is 4.21. The molecule has 168 valence electrons. The summed E-state index contributed by atoms with van der Waals surface area (Å²) in [6.07, 6.45) is 0. The van der Waals surface area contributed by atoms with Gasteiger partial charge in [-0.25, -0.2) is 0 Å². The number of likely N-dealkylation sites (N-methyl/N-ethyl adjacent to an activating group) is 1. The lowest BCUT2D eigenvalue weighted by Crippen LogP contribution is -2.49. The summed E-state index contributed by atoms with van der Waals surface area (Å²) in [5, 5.41) is 2.28. The van der Waals surface area contributed by atoms with Gasteiger partial charge in [-0.1, -0.05) is 30.3 Å². The molecule has 0 saturated carbocycles. The number of anilines is 1. The van der Waals surface area contributed by atoms with Gasteiger partial charge in [0.2, 0.25) is 5.91 Å². The Morgan fingerprint density at radius 2 is 1.62 bits per heavy atom. The number of carbonyl (C=O) groups excluding carboxylic acids is 1. The normalized spacial score (nSPS) is 14.4. The molecular formula is C26H31N3O3. The van der Waals surface area contributed by atoms with Crippen molar-refractivity contribution in [2.75, 3.05) is 58.9 Å². The Labute approximate surface area is 189 Å². The van der Waals surface area contributed by atoms with Crippen molar-refractivity contribution in [2.24, 2.45) is 0 Å². The zero-order chi connectivity index (χ0) is 22.5. The fourth-order valence-corrected chi connectivity index (χ4v) is 4.21. The molecule has 0 atom stereocenters. The maximum Gasteiger partial charge on any atom is 0.236 e. The molecule has 6 nitrogen and oxygen atoms in total. The van der Waals surface area contributed by atoms with E-state index in [2.05, 4.69) is 40.1 Å². The van der Waals surface area contributed by atoms with Crippen LogP contribution in [-0.2, 0) is 11.3 Å². The molecule has 6 heteroatoms. The average molecular weight is 434 g/mol. The van der Waals surface area contributed by atoms with Crippen molar-refractivity contribution < 1.29 is 14.3 Å². The van der Waals surface area contributed by atoms with E-state index >= 15 is 0 Å². The molecule has 1 aliphatic heterocycles.